The number of aromatic nitrogens is 2. The highest BCUT2D eigenvalue weighted by atomic mass is 35.5. The quantitative estimate of drug-likeness (QED) is 0.277. The normalized spacial score (nSPS) is 11.6. The van der Waals surface area contributed by atoms with Gasteiger partial charge in [-0.25, -0.2) is 9.78 Å². The van der Waals surface area contributed by atoms with Crippen molar-refractivity contribution in [2.75, 3.05) is 6.61 Å². The monoisotopic (exact) mass is 476 g/mol. The summed E-state index contributed by atoms with van der Waals surface area (Å²) in [6, 6.07) is 20.2. The summed E-state index contributed by atoms with van der Waals surface area (Å²) in [5.74, 6) is 1.07. The molecule has 4 rings (SSSR count). The van der Waals surface area contributed by atoms with Crippen molar-refractivity contribution < 1.29 is 14.3 Å². The molecule has 0 spiro atoms. The lowest BCUT2D eigenvalue weighted by Gasteiger charge is -2.24. The predicted molar refractivity (Wildman–Crippen MR) is 137 cm³/mol. The molecule has 0 aliphatic heterocycles. The maximum Gasteiger partial charge on any atom is 0.349 e. The van der Waals surface area contributed by atoms with Gasteiger partial charge in [0.15, 0.2) is 5.60 Å². The van der Waals surface area contributed by atoms with Crippen LogP contribution in [0.15, 0.2) is 60.7 Å². The standard InChI is InChI=1S/C28H29ClN2O3/c1-6-33-27(32)28(4,5)34-23-14-18(2)26-25(16-23)31(19(3)30-26)17-22-13-12-21(15-24(22)29)20-10-8-7-9-11-20/h7-16H,6,17H2,1-5H3. The van der Waals surface area contributed by atoms with E-state index in [1.807, 2.05) is 50.2 Å². The van der Waals surface area contributed by atoms with Gasteiger partial charge in [0.25, 0.3) is 0 Å². The van der Waals surface area contributed by atoms with Crippen LogP contribution in [0.25, 0.3) is 22.2 Å². The third-order valence-corrected chi connectivity index (χ3v) is 6.19. The number of carbonyl (C=O) groups excluding carboxylic acids is 1. The van der Waals surface area contributed by atoms with E-state index in [0.29, 0.717) is 23.9 Å². The topological polar surface area (TPSA) is 53.4 Å². The Kier molecular flexibility index (Phi) is 6.67. The summed E-state index contributed by atoms with van der Waals surface area (Å²) in [5.41, 5.74) is 4.90. The van der Waals surface area contributed by atoms with E-state index in [0.717, 1.165) is 39.1 Å². The highest BCUT2D eigenvalue weighted by Crippen LogP contribution is 2.31. The average molecular weight is 477 g/mol. The molecule has 5 nitrogen and oxygen atoms in total. The van der Waals surface area contributed by atoms with Crippen LogP contribution in [-0.2, 0) is 16.1 Å². The first kappa shape index (κ1) is 23.8. The second kappa shape index (κ2) is 9.51. The Balaban J connectivity index is 1.68. The van der Waals surface area contributed by atoms with E-state index < -0.39 is 11.6 Å². The molecule has 1 heterocycles. The van der Waals surface area contributed by atoms with E-state index >= 15 is 0 Å². The molecule has 0 amide bonds. The van der Waals surface area contributed by atoms with Crippen LogP contribution in [0.2, 0.25) is 5.02 Å². The third kappa shape index (κ3) is 4.80. The lowest BCUT2D eigenvalue weighted by molar-refractivity contribution is -0.158. The lowest BCUT2D eigenvalue weighted by atomic mass is 10.0. The maximum absolute atomic E-state index is 12.3. The number of carbonyl (C=O) groups is 1. The molecule has 0 saturated carbocycles. The van der Waals surface area contributed by atoms with Crippen LogP contribution in [0.1, 0.15) is 37.7 Å². The largest absolute Gasteiger partial charge is 0.476 e. The number of benzene rings is 3. The first-order valence-electron chi connectivity index (χ1n) is 11.4. The van der Waals surface area contributed by atoms with Crippen molar-refractivity contribution >= 4 is 28.6 Å². The van der Waals surface area contributed by atoms with E-state index in [9.17, 15) is 4.79 Å². The number of hydrogen-bond acceptors (Lipinski definition) is 4. The van der Waals surface area contributed by atoms with Crippen molar-refractivity contribution in [3.63, 3.8) is 0 Å². The zero-order chi connectivity index (χ0) is 24.5. The van der Waals surface area contributed by atoms with Crippen molar-refractivity contribution in [1.82, 2.24) is 9.55 Å². The van der Waals surface area contributed by atoms with Gasteiger partial charge in [0.1, 0.15) is 11.6 Å². The van der Waals surface area contributed by atoms with Gasteiger partial charge in [0.05, 0.1) is 24.2 Å². The Morgan fingerprint density at radius 1 is 1.03 bits per heavy atom. The Morgan fingerprint density at radius 3 is 2.44 bits per heavy atom. The molecule has 3 aromatic carbocycles. The van der Waals surface area contributed by atoms with Crippen LogP contribution in [-0.4, -0.2) is 27.7 Å². The summed E-state index contributed by atoms with van der Waals surface area (Å²) in [6.07, 6.45) is 0. The van der Waals surface area contributed by atoms with Crippen LogP contribution in [0.5, 0.6) is 5.75 Å². The molecule has 6 heteroatoms. The fraction of sp³-hybridized carbons (Fsp3) is 0.286. The maximum atomic E-state index is 12.3. The van der Waals surface area contributed by atoms with E-state index in [1.54, 1.807) is 20.8 Å². The Bertz CT molecular complexity index is 1340. The molecule has 0 aliphatic rings. The van der Waals surface area contributed by atoms with E-state index in [1.165, 1.54) is 0 Å². The molecule has 34 heavy (non-hydrogen) atoms. The summed E-state index contributed by atoms with van der Waals surface area (Å²) >= 11 is 6.70. The van der Waals surface area contributed by atoms with Gasteiger partial charge >= 0.3 is 5.97 Å². The highest BCUT2D eigenvalue weighted by molar-refractivity contribution is 6.31. The Morgan fingerprint density at radius 2 is 1.76 bits per heavy atom. The number of fused-ring (bicyclic) bond motifs is 1. The highest BCUT2D eigenvalue weighted by Gasteiger charge is 2.32. The number of aryl methyl sites for hydroxylation is 2. The summed E-state index contributed by atoms with van der Waals surface area (Å²) in [4.78, 5) is 17.1. The van der Waals surface area contributed by atoms with Gasteiger partial charge in [-0.3, -0.25) is 0 Å². The Hall–Kier alpha value is -3.31. The molecular formula is C28H29ClN2O3. The number of halogens is 1. The van der Waals surface area contributed by atoms with Gasteiger partial charge < -0.3 is 14.0 Å². The second-order valence-corrected chi connectivity index (χ2v) is 9.27. The van der Waals surface area contributed by atoms with Crippen LogP contribution >= 0.6 is 11.6 Å². The fourth-order valence-corrected chi connectivity index (χ4v) is 4.27. The molecule has 0 N–H and O–H groups in total. The van der Waals surface area contributed by atoms with E-state index in [4.69, 9.17) is 26.1 Å². The zero-order valence-corrected chi connectivity index (χ0v) is 20.9. The lowest BCUT2D eigenvalue weighted by Crippen LogP contribution is -2.39. The van der Waals surface area contributed by atoms with Crippen LogP contribution in [0.4, 0.5) is 0 Å². The average Bonchev–Trinajstić information content (AvgIpc) is 3.11. The fourth-order valence-electron chi connectivity index (χ4n) is 4.03. The molecule has 0 bridgehead atoms. The number of nitrogens with zero attached hydrogens (tertiary/aromatic N) is 2. The van der Waals surface area contributed by atoms with Crippen molar-refractivity contribution in [2.45, 2.75) is 46.8 Å². The second-order valence-electron chi connectivity index (χ2n) is 8.86. The van der Waals surface area contributed by atoms with Gasteiger partial charge in [-0.05, 0) is 69.0 Å². The smallest absolute Gasteiger partial charge is 0.349 e. The minimum atomic E-state index is -1.10. The first-order chi connectivity index (χ1) is 16.2. The summed E-state index contributed by atoms with van der Waals surface area (Å²) < 4.78 is 13.3. The molecule has 0 radical (unpaired) electrons. The minimum Gasteiger partial charge on any atom is -0.476 e. The number of imidazole rings is 1. The SMILES string of the molecule is CCOC(=O)C(C)(C)Oc1cc(C)c2nc(C)n(Cc3ccc(-c4ccccc4)cc3Cl)c2c1. The number of esters is 1. The molecule has 0 aliphatic carbocycles. The predicted octanol–water partition coefficient (Wildman–Crippen LogP) is 6.74. The van der Waals surface area contributed by atoms with Crippen LogP contribution < -0.4 is 4.74 Å². The minimum absolute atomic E-state index is 0.305. The van der Waals surface area contributed by atoms with E-state index in [-0.39, 0.29) is 0 Å². The van der Waals surface area contributed by atoms with Gasteiger partial charge in [-0.1, -0.05) is 54.1 Å². The summed E-state index contributed by atoms with van der Waals surface area (Å²) in [5, 5.41) is 0.704. The number of rotatable bonds is 7. The summed E-state index contributed by atoms with van der Waals surface area (Å²) in [6.45, 7) is 10.0. The van der Waals surface area contributed by atoms with Crippen molar-refractivity contribution in [3.8, 4) is 16.9 Å². The van der Waals surface area contributed by atoms with Crippen LogP contribution in [0, 0.1) is 13.8 Å². The van der Waals surface area contributed by atoms with E-state index in [2.05, 4.69) is 28.8 Å². The molecule has 176 valence electrons. The summed E-state index contributed by atoms with van der Waals surface area (Å²) in [7, 11) is 0. The molecule has 0 fully saturated rings. The van der Waals surface area contributed by atoms with Gasteiger partial charge in [-0.15, -0.1) is 0 Å². The molecule has 0 atom stereocenters. The number of hydrogen-bond donors (Lipinski definition) is 0. The molecule has 4 aromatic rings. The Labute approximate surface area is 205 Å². The zero-order valence-electron chi connectivity index (χ0n) is 20.2. The molecule has 1 aromatic heterocycles. The van der Waals surface area contributed by atoms with Crippen molar-refractivity contribution in [3.05, 3.63) is 82.6 Å². The van der Waals surface area contributed by atoms with Crippen LogP contribution in [0.3, 0.4) is 0 Å². The number of ether oxygens (including phenoxy) is 2. The van der Waals surface area contributed by atoms with Gasteiger partial charge in [-0.2, -0.15) is 0 Å². The molecule has 0 unspecified atom stereocenters. The van der Waals surface area contributed by atoms with Crippen molar-refractivity contribution in [2.24, 2.45) is 0 Å². The van der Waals surface area contributed by atoms with Gasteiger partial charge in [0, 0.05) is 11.1 Å². The molecule has 0 saturated heterocycles. The molecular weight excluding hydrogens is 448 g/mol. The van der Waals surface area contributed by atoms with Gasteiger partial charge in [0.2, 0.25) is 0 Å². The first-order valence-corrected chi connectivity index (χ1v) is 11.7. The third-order valence-electron chi connectivity index (χ3n) is 5.84. The van der Waals surface area contributed by atoms with Crippen molar-refractivity contribution in [1.29, 1.82) is 0 Å².